The van der Waals surface area contributed by atoms with Gasteiger partial charge in [0.25, 0.3) is 0 Å². The van der Waals surface area contributed by atoms with Gasteiger partial charge in [0.2, 0.25) is 0 Å². The maximum Gasteiger partial charge on any atom is 0.306 e. The maximum atomic E-state index is 12.9. The first kappa shape index (κ1) is 72.1. The Morgan fingerprint density at radius 3 is 0.760 bits per heavy atom. The second-order valence-corrected chi connectivity index (χ2v) is 22.0. The Kier molecular flexibility index (Phi) is 61.2. The van der Waals surface area contributed by atoms with E-state index >= 15 is 0 Å². The van der Waals surface area contributed by atoms with Crippen LogP contribution in [-0.4, -0.2) is 37.2 Å². The number of unbranched alkanes of at least 4 members (excludes halogenated alkanes) is 39. The molecule has 75 heavy (non-hydrogen) atoms. The van der Waals surface area contributed by atoms with Gasteiger partial charge in [0.1, 0.15) is 13.2 Å². The zero-order chi connectivity index (χ0) is 54.3. The van der Waals surface area contributed by atoms with Gasteiger partial charge in [-0.1, -0.05) is 274 Å². The fraction of sp³-hybridized carbons (Fsp3) is 0.812. The molecule has 6 heteroatoms. The molecule has 0 aromatic heterocycles. The first-order valence-electron chi connectivity index (χ1n) is 32.8. The SMILES string of the molecule is CCCCCCC/C=C\C/C=C\C/C=C\CCCCCCCCCCCCCCC(=O)OCC(COC(=O)CCCCCCC/C=C\CCCCCCCC)OC(=O)CCCCCCC/C=C\CCCCCCCC. The minimum atomic E-state index is -0.783. The lowest BCUT2D eigenvalue weighted by Crippen LogP contribution is -2.30. The number of hydrogen-bond donors (Lipinski definition) is 0. The summed E-state index contributed by atoms with van der Waals surface area (Å²) in [6.07, 6.45) is 80.9. The van der Waals surface area contributed by atoms with E-state index in [1.165, 1.54) is 212 Å². The third kappa shape index (κ3) is 61.8. The van der Waals surface area contributed by atoms with Gasteiger partial charge in [0.15, 0.2) is 6.10 Å². The average Bonchev–Trinajstić information content (AvgIpc) is 3.41. The van der Waals surface area contributed by atoms with Crippen molar-refractivity contribution in [1.29, 1.82) is 0 Å². The quantitative estimate of drug-likeness (QED) is 0.0261. The number of allylic oxidation sites excluding steroid dienone is 10. The van der Waals surface area contributed by atoms with Gasteiger partial charge in [-0.05, 0) is 109 Å². The van der Waals surface area contributed by atoms with Crippen molar-refractivity contribution in [2.24, 2.45) is 0 Å². The predicted molar refractivity (Wildman–Crippen MR) is 325 cm³/mol. The summed E-state index contributed by atoms with van der Waals surface area (Å²) in [7, 11) is 0. The van der Waals surface area contributed by atoms with E-state index < -0.39 is 6.10 Å². The van der Waals surface area contributed by atoms with E-state index in [0.29, 0.717) is 19.3 Å². The number of ether oxygens (including phenoxy) is 3. The summed E-state index contributed by atoms with van der Waals surface area (Å²) in [6.45, 7) is 6.64. The van der Waals surface area contributed by atoms with Crippen LogP contribution in [0.2, 0.25) is 0 Å². The van der Waals surface area contributed by atoms with Gasteiger partial charge in [0, 0.05) is 19.3 Å². The van der Waals surface area contributed by atoms with E-state index in [2.05, 4.69) is 81.5 Å². The zero-order valence-corrected chi connectivity index (χ0v) is 50.1. The maximum absolute atomic E-state index is 12.9. The Hall–Kier alpha value is -2.89. The molecule has 0 aliphatic heterocycles. The molecule has 0 aromatic carbocycles. The molecule has 0 N–H and O–H groups in total. The highest BCUT2D eigenvalue weighted by molar-refractivity contribution is 5.71. The number of carbonyl (C=O) groups is 3. The Labute approximate surface area is 466 Å². The molecule has 1 unspecified atom stereocenters. The van der Waals surface area contributed by atoms with Crippen LogP contribution in [0, 0.1) is 0 Å². The van der Waals surface area contributed by atoms with Gasteiger partial charge in [-0.25, -0.2) is 0 Å². The average molecular weight is 1050 g/mol. The molecule has 0 bridgehead atoms. The number of esters is 3. The van der Waals surface area contributed by atoms with Crippen molar-refractivity contribution in [2.75, 3.05) is 13.2 Å². The normalized spacial score (nSPS) is 12.4. The molecule has 0 saturated carbocycles. The summed E-state index contributed by atoms with van der Waals surface area (Å²) < 4.78 is 16.9. The molecule has 0 rings (SSSR count). The van der Waals surface area contributed by atoms with E-state index in [1.807, 2.05) is 0 Å². The predicted octanol–water partition coefficient (Wildman–Crippen LogP) is 22.3. The molecular formula is C69H124O6. The van der Waals surface area contributed by atoms with Gasteiger partial charge in [-0.3, -0.25) is 14.4 Å². The molecule has 6 nitrogen and oxygen atoms in total. The third-order valence-corrected chi connectivity index (χ3v) is 14.5. The van der Waals surface area contributed by atoms with E-state index in [0.717, 1.165) is 89.9 Å². The van der Waals surface area contributed by atoms with Crippen molar-refractivity contribution in [3.8, 4) is 0 Å². The van der Waals surface area contributed by atoms with Crippen LogP contribution < -0.4 is 0 Å². The molecule has 0 amide bonds. The summed E-state index contributed by atoms with van der Waals surface area (Å²) in [4.78, 5) is 38.3. The first-order chi connectivity index (χ1) is 37.0. The van der Waals surface area contributed by atoms with Crippen molar-refractivity contribution in [3.05, 3.63) is 60.8 Å². The molecule has 0 radical (unpaired) electrons. The first-order valence-corrected chi connectivity index (χ1v) is 32.8. The molecule has 0 heterocycles. The van der Waals surface area contributed by atoms with Crippen molar-refractivity contribution in [3.63, 3.8) is 0 Å². The minimum Gasteiger partial charge on any atom is -0.462 e. The highest BCUT2D eigenvalue weighted by Gasteiger charge is 2.19. The van der Waals surface area contributed by atoms with Crippen molar-refractivity contribution in [2.45, 2.75) is 348 Å². The van der Waals surface area contributed by atoms with Gasteiger partial charge in [-0.2, -0.15) is 0 Å². The van der Waals surface area contributed by atoms with Gasteiger partial charge >= 0.3 is 17.9 Å². The molecular weight excluding hydrogens is 925 g/mol. The van der Waals surface area contributed by atoms with Gasteiger partial charge in [0.05, 0.1) is 0 Å². The van der Waals surface area contributed by atoms with Crippen LogP contribution in [0.25, 0.3) is 0 Å². The van der Waals surface area contributed by atoms with Crippen LogP contribution in [0.4, 0.5) is 0 Å². The largest absolute Gasteiger partial charge is 0.462 e. The molecule has 0 spiro atoms. The molecule has 0 fully saturated rings. The van der Waals surface area contributed by atoms with Gasteiger partial charge in [-0.15, -0.1) is 0 Å². The second-order valence-electron chi connectivity index (χ2n) is 22.0. The van der Waals surface area contributed by atoms with Crippen LogP contribution in [0.5, 0.6) is 0 Å². The monoisotopic (exact) mass is 1050 g/mol. The van der Waals surface area contributed by atoms with E-state index in [-0.39, 0.29) is 31.1 Å². The molecule has 0 aromatic rings. The van der Waals surface area contributed by atoms with Crippen LogP contribution in [0.1, 0.15) is 342 Å². The summed E-state index contributed by atoms with van der Waals surface area (Å²) in [6, 6.07) is 0. The van der Waals surface area contributed by atoms with Crippen LogP contribution in [0.15, 0.2) is 60.8 Å². The molecule has 0 aliphatic carbocycles. The Morgan fingerprint density at radius 2 is 0.480 bits per heavy atom. The highest BCUT2D eigenvalue weighted by Crippen LogP contribution is 2.16. The summed E-state index contributed by atoms with van der Waals surface area (Å²) >= 11 is 0. The van der Waals surface area contributed by atoms with Gasteiger partial charge < -0.3 is 14.2 Å². The van der Waals surface area contributed by atoms with Crippen molar-refractivity contribution >= 4 is 17.9 Å². The van der Waals surface area contributed by atoms with Crippen LogP contribution >= 0.6 is 0 Å². The fourth-order valence-electron chi connectivity index (χ4n) is 9.50. The fourth-order valence-corrected chi connectivity index (χ4v) is 9.50. The lowest BCUT2D eigenvalue weighted by molar-refractivity contribution is -0.167. The summed E-state index contributed by atoms with van der Waals surface area (Å²) in [5.41, 5.74) is 0. The zero-order valence-electron chi connectivity index (χ0n) is 50.1. The standard InChI is InChI=1S/C69H124O6/c1-4-7-10-13-16-19-22-25-28-29-30-31-32-33-34-35-36-37-38-39-42-44-47-50-53-56-59-62-68(71)74-65-66(75-69(72)63-60-57-54-51-48-45-41-27-24-21-18-15-12-9-6-3)64-73-67(70)61-58-55-52-49-46-43-40-26-23-20-17-14-11-8-5-2/h22,25-27,29-30,32-33,40-41,66H,4-21,23-24,28,31,34-39,42-65H2,1-3H3/b25-22-,30-29-,33-32-,40-26-,41-27-. The number of hydrogen-bond acceptors (Lipinski definition) is 6. The topological polar surface area (TPSA) is 78.9 Å². The lowest BCUT2D eigenvalue weighted by Gasteiger charge is -2.18. The van der Waals surface area contributed by atoms with Crippen LogP contribution in [0.3, 0.4) is 0 Å². The Morgan fingerprint density at radius 1 is 0.267 bits per heavy atom. The van der Waals surface area contributed by atoms with E-state index in [9.17, 15) is 14.4 Å². The molecule has 1 atom stereocenters. The summed E-state index contributed by atoms with van der Waals surface area (Å²) in [5, 5.41) is 0. The smallest absolute Gasteiger partial charge is 0.306 e. The summed E-state index contributed by atoms with van der Waals surface area (Å²) in [5.74, 6) is -0.881. The highest BCUT2D eigenvalue weighted by atomic mass is 16.6. The lowest BCUT2D eigenvalue weighted by atomic mass is 10.0. The number of carbonyl (C=O) groups excluding carboxylic acids is 3. The Bertz CT molecular complexity index is 1340. The van der Waals surface area contributed by atoms with Crippen molar-refractivity contribution in [1.82, 2.24) is 0 Å². The minimum absolute atomic E-state index is 0.0790. The molecule has 0 aliphatic rings. The van der Waals surface area contributed by atoms with Crippen molar-refractivity contribution < 1.29 is 28.6 Å². The van der Waals surface area contributed by atoms with E-state index in [4.69, 9.17) is 14.2 Å². The Balaban J connectivity index is 4.27. The third-order valence-electron chi connectivity index (χ3n) is 14.5. The molecule has 436 valence electrons. The van der Waals surface area contributed by atoms with Crippen LogP contribution in [-0.2, 0) is 28.6 Å². The second kappa shape index (κ2) is 63.6. The van der Waals surface area contributed by atoms with E-state index in [1.54, 1.807) is 0 Å². The number of rotatable bonds is 60. The molecule has 0 saturated heterocycles.